The number of carbonyl (C=O) groups excluding carboxylic acids is 3. The molecule has 148 valence electrons. The Bertz CT molecular complexity index is 840. The van der Waals surface area contributed by atoms with Crippen LogP contribution >= 0.6 is 11.8 Å². The molecular formula is C19H18F2N2O4S. The van der Waals surface area contributed by atoms with Gasteiger partial charge in [0, 0.05) is 30.2 Å². The summed E-state index contributed by atoms with van der Waals surface area (Å²) in [5.41, 5.74) is 1.07. The number of hydrogen-bond donors (Lipinski definition) is 1. The van der Waals surface area contributed by atoms with Crippen molar-refractivity contribution in [2.24, 2.45) is 0 Å². The van der Waals surface area contributed by atoms with Crippen LogP contribution in [0.1, 0.15) is 20.7 Å². The summed E-state index contributed by atoms with van der Waals surface area (Å²) in [4.78, 5) is 37.4. The third-order valence-corrected chi connectivity index (χ3v) is 4.19. The number of nitrogens with one attached hydrogen (secondary N) is 1. The first-order valence-corrected chi connectivity index (χ1v) is 8.98. The highest BCUT2D eigenvalue weighted by molar-refractivity contribution is 7.99. The largest absolute Gasteiger partial charge is 0.452 e. The maximum absolute atomic E-state index is 12.3. The van der Waals surface area contributed by atoms with Gasteiger partial charge in [0.2, 0.25) is 0 Å². The van der Waals surface area contributed by atoms with Gasteiger partial charge in [-0.3, -0.25) is 9.59 Å². The molecule has 0 saturated carbocycles. The van der Waals surface area contributed by atoms with Gasteiger partial charge in [-0.25, -0.2) is 4.79 Å². The Balaban J connectivity index is 1.84. The first-order chi connectivity index (χ1) is 13.3. The number of halogens is 2. The minimum atomic E-state index is -2.54. The van der Waals surface area contributed by atoms with Crippen LogP contribution in [0, 0.1) is 0 Å². The van der Waals surface area contributed by atoms with Gasteiger partial charge < -0.3 is 15.0 Å². The van der Waals surface area contributed by atoms with Gasteiger partial charge >= 0.3 is 5.97 Å². The Morgan fingerprint density at radius 2 is 1.57 bits per heavy atom. The molecule has 0 aliphatic rings. The maximum Gasteiger partial charge on any atom is 0.338 e. The third kappa shape index (κ3) is 6.34. The van der Waals surface area contributed by atoms with Crippen LogP contribution in [0.3, 0.4) is 0 Å². The summed E-state index contributed by atoms with van der Waals surface area (Å²) >= 11 is 0.369. The van der Waals surface area contributed by atoms with Crippen molar-refractivity contribution in [1.29, 1.82) is 0 Å². The Morgan fingerprint density at radius 1 is 1.00 bits per heavy atom. The normalized spacial score (nSPS) is 10.5. The fourth-order valence-electron chi connectivity index (χ4n) is 2.14. The standard InChI is InChI=1S/C19H18F2N2O4S/c1-23(2)17(25)12-3-7-14(8-4-12)22-16(24)11-27-18(26)13-5-9-15(10-6-13)28-19(20)21/h3-10,19H,11H2,1-2H3,(H,22,24). The number of nitrogens with zero attached hydrogens (tertiary/aromatic N) is 1. The van der Waals surface area contributed by atoms with Gasteiger partial charge in [0.05, 0.1) is 5.56 Å². The molecule has 0 unspecified atom stereocenters. The van der Waals surface area contributed by atoms with Crippen molar-refractivity contribution in [3.8, 4) is 0 Å². The number of carbonyl (C=O) groups is 3. The predicted octanol–water partition coefficient (Wildman–Crippen LogP) is 3.50. The second-order valence-corrected chi connectivity index (χ2v) is 6.87. The van der Waals surface area contributed by atoms with Crippen molar-refractivity contribution in [1.82, 2.24) is 4.90 Å². The molecule has 1 N–H and O–H groups in total. The number of alkyl halides is 2. The van der Waals surface area contributed by atoms with Crippen molar-refractivity contribution in [2.45, 2.75) is 10.7 Å². The van der Waals surface area contributed by atoms with E-state index in [1.54, 1.807) is 38.4 Å². The van der Waals surface area contributed by atoms with E-state index in [2.05, 4.69) is 5.32 Å². The quantitative estimate of drug-likeness (QED) is 0.561. The van der Waals surface area contributed by atoms with Crippen molar-refractivity contribution >= 4 is 35.2 Å². The van der Waals surface area contributed by atoms with Crippen LogP contribution in [-0.2, 0) is 9.53 Å². The molecule has 2 aromatic rings. The zero-order chi connectivity index (χ0) is 20.7. The molecule has 0 radical (unpaired) electrons. The molecular weight excluding hydrogens is 390 g/mol. The van der Waals surface area contributed by atoms with E-state index in [4.69, 9.17) is 4.74 Å². The molecule has 9 heteroatoms. The molecule has 0 aliphatic carbocycles. The Kier molecular flexibility index (Phi) is 7.51. The van der Waals surface area contributed by atoms with Crippen LogP contribution in [0.2, 0.25) is 0 Å². The van der Waals surface area contributed by atoms with E-state index in [0.717, 1.165) is 0 Å². The van der Waals surface area contributed by atoms with E-state index in [1.807, 2.05) is 0 Å². The number of benzene rings is 2. The summed E-state index contributed by atoms with van der Waals surface area (Å²) in [6.45, 7) is -0.509. The minimum absolute atomic E-state index is 0.151. The first-order valence-electron chi connectivity index (χ1n) is 8.10. The summed E-state index contributed by atoms with van der Waals surface area (Å²) in [7, 11) is 3.27. The van der Waals surface area contributed by atoms with E-state index in [9.17, 15) is 23.2 Å². The van der Waals surface area contributed by atoms with Gasteiger partial charge in [-0.15, -0.1) is 0 Å². The average molecular weight is 408 g/mol. The number of esters is 1. The van der Waals surface area contributed by atoms with E-state index in [1.165, 1.54) is 29.2 Å². The average Bonchev–Trinajstić information content (AvgIpc) is 2.66. The van der Waals surface area contributed by atoms with Crippen molar-refractivity contribution < 1.29 is 27.9 Å². The lowest BCUT2D eigenvalue weighted by molar-refractivity contribution is -0.119. The molecule has 2 aromatic carbocycles. The van der Waals surface area contributed by atoms with Crippen molar-refractivity contribution in [3.63, 3.8) is 0 Å². The smallest absolute Gasteiger partial charge is 0.338 e. The van der Waals surface area contributed by atoms with Crippen molar-refractivity contribution in [3.05, 3.63) is 59.7 Å². The lowest BCUT2D eigenvalue weighted by Crippen LogP contribution is -2.22. The highest BCUT2D eigenvalue weighted by Gasteiger charge is 2.12. The number of ether oxygens (including phenoxy) is 1. The zero-order valence-electron chi connectivity index (χ0n) is 15.1. The molecule has 0 spiro atoms. The molecule has 0 heterocycles. The SMILES string of the molecule is CN(C)C(=O)c1ccc(NC(=O)COC(=O)c2ccc(SC(F)F)cc2)cc1. The van der Waals surface area contributed by atoms with Gasteiger partial charge in [0.25, 0.3) is 17.6 Å². The Morgan fingerprint density at radius 3 is 2.11 bits per heavy atom. The highest BCUT2D eigenvalue weighted by atomic mass is 32.2. The lowest BCUT2D eigenvalue weighted by atomic mass is 10.2. The predicted molar refractivity (Wildman–Crippen MR) is 102 cm³/mol. The topological polar surface area (TPSA) is 75.7 Å². The summed E-state index contributed by atoms with van der Waals surface area (Å²) in [5.74, 6) is -4.00. The molecule has 0 aliphatic heterocycles. The van der Waals surface area contributed by atoms with Crippen LogP contribution < -0.4 is 5.32 Å². The maximum atomic E-state index is 12.3. The molecule has 0 saturated heterocycles. The molecule has 0 aromatic heterocycles. The Labute approximate surface area is 164 Å². The van der Waals surface area contributed by atoms with E-state index < -0.39 is 24.2 Å². The lowest BCUT2D eigenvalue weighted by Gasteiger charge is -2.11. The van der Waals surface area contributed by atoms with Crippen LogP contribution in [0.25, 0.3) is 0 Å². The second kappa shape index (κ2) is 9.84. The van der Waals surface area contributed by atoms with Gasteiger partial charge in [0.15, 0.2) is 6.61 Å². The number of anilines is 1. The van der Waals surface area contributed by atoms with Crippen LogP contribution in [0.4, 0.5) is 14.5 Å². The van der Waals surface area contributed by atoms with Crippen LogP contribution in [0.15, 0.2) is 53.4 Å². The summed E-state index contributed by atoms with van der Waals surface area (Å²) in [5, 5.41) is 2.55. The molecule has 0 fully saturated rings. The summed E-state index contributed by atoms with van der Waals surface area (Å²) < 4.78 is 29.5. The monoisotopic (exact) mass is 408 g/mol. The minimum Gasteiger partial charge on any atom is -0.452 e. The third-order valence-electron chi connectivity index (χ3n) is 3.47. The summed E-state index contributed by atoms with van der Waals surface area (Å²) in [6, 6.07) is 11.7. The van der Waals surface area contributed by atoms with Gasteiger partial charge in [0.1, 0.15) is 0 Å². The number of rotatable bonds is 7. The first kappa shape index (κ1) is 21.4. The fourth-order valence-corrected chi connectivity index (χ4v) is 2.64. The number of thioether (sulfide) groups is 1. The molecule has 0 bridgehead atoms. The molecule has 6 nitrogen and oxygen atoms in total. The van der Waals surface area contributed by atoms with E-state index in [-0.39, 0.29) is 11.5 Å². The highest BCUT2D eigenvalue weighted by Crippen LogP contribution is 2.25. The van der Waals surface area contributed by atoms with Gasteiger partial charge in [-0.2, -0.15) is 8.78 Å². The van der Waals surface area contributed by atoms with Crippen LogP contribution in [0.5, 0.6) is 0 Å². The Hall–Kier alpha value is -2.94. The molecule has 0 atom stereocenters. The molecule has 2 rings (SSSR count). The summed E-state index contributed by atoms with van der Waals surface area (Å²) in [6.07, 6.45) is 0. The van der Waals surface area contributed by atoms with Crippen LogP contribution in [-0.4, -0.2) is 49.1 Å². The number of hydrogen-bond acceptors (Lipinski definition) is 5. The van der Waals surface area contributed by atoms with Gasteiger partial charge in [-0.1, -0.05) is 11.8 Å². The van der Waals surface area contributed by atoms with E-state index in [0.29, 0.717) is 27.9 Å². The second-order valence-electron chi connectivity index (χ2n) is 5.80. The van der Waals surface area contributed by atoms with Crippen molar-refractivity contribution in [2.75, 3.05) is 26.0 Å². The van der Waals surface area contributed by atoms with E-state index >= 15 is 0 Å². The number of amides is 2. The molecule has 28 heavy (non-hydrogen) atoms. The zero-order valence-corrected chi connectivity index (χ0v) is 16.0. The molecule has 2 amide bonds. The fraction of sp³-hybridized carbons (Fsp3) is 0.211. The van der Waals surface area contributed by atoms with Gasteiger partial charge in [-0.05, 0) is 48.5 Å².